The molecule has 17 heavy (non-hydrogen) atoms. The van der Waals surface area contributed by atoms with Gasteiger partial charge in [-0.15, -0.1) is 0 Å². The first-order valence-electron chi connectivity index (χ1n) is 6.02. The fourth-order valence-corrected chi connectivity index (χ4v) is 2.21. The summed E-state index contributed by atoms with van der Waals surface area (Å²) in [6, 6.07) is 5.83. The van der Waals surface area contributed by atoms with E-state index in [1.807, 2.05) is 25.1 Å². The molecule has 2 aromatic rings. The summed E-state index contributed by atoms with van der Waals surface area (Å²) in [5.74, 6) is 2.09. The highest BCUT2D eigenvalue weighted by molar-refractivity contribution is 5.79. The van der Waals surface area contributed by atoms with Crippen LogP contribution in [-0.2, 0) is 0 Å². The number of oxazole rings is 1. The zero-order valence-electron chi connectivity index (χ0n) is 9.90. The third kappa shape index (κ3) is 2.13. The number of nitrogens with zero attached hydrogens (tertiary/aromatic N) is 1. The molecule has 1 aliphatic rings. The highest BCUT2D eigenvalue weighted by Gasteiger charge is 2.16. The van der Waals surface area contributed by atoms with Crippen LogP contribution < -0.4 is 10.1 Å². The Kier molecular flexibility index (Phi) is 2.73. The number of para-hydroxylation sites is 1. The van der Waals surface area contributed by atoms with Crippen LogP contribution in [0.4, 0.5) is 0 Å². The van der Waals surface area contributed by atoms with Crippen LogP contribution in [0.1, 0.15) is 12.3 Å². The number of ether oxygens (including phenoxy) is 1. The summed E-state index contributed by atoms with van der Waals surface area (Å²) in [5.41, 5.74) is 1.63. The van der Waals surface area contributed by atoms with Crippen molar-refractivity contribution in [2.75, 3.05) is 19.7 Å². The van der Waals surface area contributed by atoms with Crippen LogP contribution in [0.5, 0.6) is 5.75 Å². The molecule has 0 radical (unpaired) electrons. The molecular formula is C13H16N2O2. The van der Waals surface area contributed by atoms with E-state index in [9.17, 15) is 0 Å². The van der Waals surface area contributed by atoms with Gasteiger partial charge in [-0.25, -0.2) is 4.98 Å². The van der Waals surface area contributed by atoms with Crippen molar-refractivity contribution in [3.63, 3.8) is 0 Å². The molecule has 0 bridgehead atoms. The topological polar surface area (TPSA) is 47.3 Å². The fraction of sp³-hybridized carbons (Fsp3) is 0.462. The van der Waals surface area contributed by atoms with Crippen molar-refractivity contribution in [2.24, 2.45) is 5.92 Å². The van der Waals surface area contributed by atoms with Gasteiger partial charge in [-0.2, -0.15) is 0 Å². The molecule has 0 saturated carbocycles. The fourth-order valence-electron chi connectivity index (χ4n) is 2.21. The second-order valence-electron chi connectivity index (χ2n) is 4.51. The maximum atomic E-state index is 5.84. The van der Waals surface area contributed by atoms with Crippen molar-refractivity contribution < 1.29 is 9.15 Å². The monoisotopic (exact) mass is 232 g/mol. The first kappa shape index (κ1) is 10.6. The smallest absolute Gasteiger partial charge is 0.196 e. The first-order valence-corrected chi connectivity index (χ1v) is 6.02. The van der Waals surface area contributed by atoms with E-state index in [1.54, 1.807) is 0 Å². The van der Waals surface area contributed by atoms with Gasteiger partial charge >= 0.3 is 0 Å². The molecule has 0 spiro atoms. The van der Waals surface area contributed by atoms with E-state index in [0.29, 0.717) is 11.8 Å². The molecule has 0 aliphatic carbocycles. The molecular weight excluding hydrogens is 216 g/mol. The van der Waals surface area contributed by atoms with Gasteiger partial charge in [0.1, 0.15) is 5.52 Å². The molecule has 1 aliphatic heterocycles. The number of aryl methyl sites for hydroxylation is 1. The molecule has 1 saturated heterocycles. The Morgan fingerprint density at radius 3 is 3.29 bits per heavy atom. The Labute approximate surface area is 100.0 Å². The molecule has 1 N–H and O–H groups in total. The average Bonchev–Trinajstić information content (AvgIpc) is 2.93. The minimum atomic E-state index is 0.606. The molecule has 4 heteroatoms. The summed E-state index contributed by atoms with van der Waals surface area (Å²) in [6.07, 6.45) is 1.19. The van der Waals surface area contributed by atoms with E-state index in [0.717, 1.165) is 36.5 Å². The predicted molar refractivity (Wildman–Crippen MR) is 65.2 cm³/mol. The Morgan fingerprint density at radius 1 is 1.53 bits per heavy atom. The number of benzene rings is 1. The van der Waals surface area contributed by atoms with Gasteiger partial charge in [-0.3, -0.25) is 0 Å². The summed E-state index contributed by atoms with van der Waals surface area (Å²) in [7, 11) is 0. The zero-order chi connectivity index (χ0) is 11.7. The highest BCUT2D eigenvalue weighted by atomic mass is 16.5. The van der Waals surface area contributed by atoms with E-state index < -0.39 is 0 Å². The number of rotatable bonds is 3. The van der Waals surface area contributed by atoms with Crippen LogP contribution in [0, 0.1) is 12.8 Å². The van der Waals surface area contributed by atoms with E-state index in [-0.39, 0.29) is 0 Å². The maximum absolute atomic E-state index is 5.84. The minimum absolute atomic E-state index is 0.606. The van der Waals surface area contributed by atoms with Gasteiger partial charge in [0.2, 0.25) is 0 Å². The van der Waals surface area contributed by atoms with Crippen molar-refractivity contribution in [3.05, 3.63) is 24.1 Å². The number of hydrogen-bond acceptors (Lipinski definition) is 4. The van der Waals surface area contributed by atoms with Crippen LogP contribution in [-0.4, -0.2) is 24.7 Å². The lowest BCUT2D eigenvalue weighted by Gasteiger charge is -2.10. The molecule has 3 rings (SSSR count). The van der Waals surface area contributed by atoms with Gasteiger partial charge in [0.25, 0.3) is 0 Å². The summed E-state index contributed by atoms with van der Waals surface area (Å²) in [4.78, 5) is 4.29. The summed E-state index contributed by atoms with van der Waals surface area (Å²) in [6.45, 7) is 4.74. The lowest BCUT2D eigenvalue weighted by atomic mass is 10.1. The minimum Gasteiger partial charge on any atom is -0.489 e. The molecule has 1 atom stereocenters. The molecule has 90 valence electrons. The molecule has 1 aromatic heterocycles. The number of nitrogens with one attached hydrogen (secondary N) is 1. The Balaban J connectivity index is 1.79. The van der Waals surface area contributed by atoms with Crippen LogP contribution in [0.2, 0.25) is 0 Å². The Bertz CT molecular complexity index is 515. The number of aromatic nitrogens is 1. The van der Waals surface area contributed by atoms with Crippen LogP contribution >= 0.6 is 0 Å². The van der Waals surface area contributed by atoms with Crippen molar-refractivity contribution >= 4 is 11.1 Å². The second kappa shape index (κ2) is 4.37. The maximum Gasteiger partial charge on any atom is 0.196 e. The number of fused-ring (bicyclic) bond motifs is 1. The molecule has 2 heterocycles. The van der Waals surface area contributed by atoms with Gasteiger partial charge in [-0.05, 0) is 25.1 Å². The average molecular weight is 232 g/mol. The molecule has 1 unspecified atom stereocenters. The van der Waals surface area contributed by atoms with Gasteiger partial charge in [-0.1, -0.05) is 6.07 Å². The quantitative estimate of drug-likeness (QED) is 0.880. The van der Waals surface area contributed by atoms with E-state index in [4.69, 9.17) is 9.15 Å². The van der Waals surface area contributed by atoms with Gasteiger partial charge in [0, 0.05) is 19.4 Å². The van der Waals surface area contributed by atoms with Crippen LogP contribution in [0.3, 0.4) is 0 Å². The van der Waals surface area contributed by atoms with E-state index in [1.165, 1.54) is 6.42 Å². The van der Waals surface area contributed by atoms with Crippen LogP contribution in [0.25, 0.3) is 11.1 Å². The predicted octanol–water partition coefficient (Wildman–Crippen LogP) is 2.12. The molecule has 1 aromatic carbocycles. The van der Waals surface area contributed by atoms with Gasteiger partial charge in [0.05, 0.1) is 6.61 Å². The van der Waals surface area contributed by atoms with E-state index in [2.05, 4.69) is 10.3 Å². The van der Waals surface area contributed by atoms with Crippen molar-refractivity contribution in [3.8, 4) is 5.75 Å². The Hall–Kier alpha value is -1.55. The SMILES string of the molecule is Cc1nc2cccc(OCC3CCNC3)c2o1. The van der Waals surface area contributed by atoms with Crippen molar-refractivity contribution in [1.29, 1.82) is 0 Å². The molecule has 1 fully saturated rings. The lowest BCUT2D eigenvalue weighted by molar-refractivity contribution is 0.259. The highest BCUT2D eigenvalue weighted by Crippen LogP contribution is 2.26. The molecule has 0 amide bonds. The lowest BCUT2D eigenvalue weighted by Crippen LogP contribution is -2.15. The largest absolute Gasteiger partial charge is 0.489 e. The van der Waals surface area contributed by atoms with E-state index >= 15 is 0 Å². The standard InChI is InChI=1S/C13H16N2O2/c1-9-15-11-3-2-4-12(13(11)17-9)16-8-10-5-6-14-7-10/h2-4,10,14H,5-8H2,1H3. The normalized spacial score (nSPS) is 19.9. The third-order valence-electron chi connectivity index (χ3n) is 3.12. The van der Waals surface area contributed by atoms with Gasteiger partial charge < -0.3 is 14.5 Å². The Morgan fingerprint density at radius 2 is 2.47 bits per heavy atom. The van der Waals surface area contributed by atoms with Crippen molar-refractivity contribution in [2.45, 2.75) is 13.3 Å². The summed E-state index contributed by atoms with van der Waals surface area (Å²) in [5, 5.41) is 3.33. The summed E-state index contributed by atoms with van der Waals surface area (Å²) < 4.78 is 11.4. The first-order chi connectivity index (χ1) is 8.33. The van der Waals surface area contributed by atoms with Crippen molar-refractivity contribution in [1.82, 2.24) is 10.3 Å². The van der Waals surface area contributed by atoms with Crippen LogP contribution in [0.15, 0.2) is 22.6 Å². The third-order valence-corrected chi connectivity index (χ3v) is 3.12. The summed E-state index contributed by atoms with van der Waals surface area (Å²) >= 11 is 0. The number of hydrogen-bond donors (Lipinski definition) is 1. The zero-order valence-corrected chi connectivity index (χ0v) is 9.90. The second-order valence-corrected chi connectivity index (χ2v) is 4.51. The molecule has 4 nitrogen and oxygen atoms in total. The van der Waals surface area contributed by atoms with Gasteiger partial charge in [0.15, 0.2) is 17.2 Å².